The smallest absolute Gasteiger partial charge is 0.338 e. The molecule has 1 aromatic rings. The second kappa shape index (κ2) is 4.38. The van der Waals surface area contributed by atoms with Crippen LogP contribution in [-0.2, 0) is 0 Å². The second-order valence-corrected chi connectivity index (χ2v) is 4.59. The van der Waals surface area contributed by atoms with E-state index in [0.29, 0.717) is 6.07 Å². The third-order valence-electron chi connectivity index (χ3n) is 1.34. The minimum atomic E-state index is -2.14. The van der Waals surface area contributed by atoms with Crippen LogP contribution in [0.2, 0.25) is 0 Å². The molecule has 0 aromatic heterocycles. The Balaban J connectivity index is 3.12. The summed E-state index contributed by atoms with van der Waals surface area (Å²) < 4.78 is 15.2. The molecule has 0 heterocycles. The Labute approximate surface area is 98.6 Å². The Morgan fingerprint density at radius 2 is 2.00 bits per heavy atom. The van der Waals surface area contributed by atoms with E-state index in [0.717, 1.165) is 12.1 Å². The van der Waals surface area contributed by atoms with E-state index < -0.39 is 20.4 Å². The molecule has 0 bridgehead atoms. The molecule has 0 aliphatic rings. The number of nitro groups is 1. The van der Waals surface area contributed by atoms with Gasteiger partial charge in [-0.2, -0.15) is 0 Å². The lowest BCUT2D eigenvalue weighted by Gasteiger charge is -2.13. The molecule has 0 amide bonds. The minimum absolute atomic E-state index is 0.318. The maximum absolute atomic E-state index is 12.7. The average Bonchev–Trinajstić information content (AvgIpc) is 2.05. The summed E-state index contributed by atoms with van der Waals surface area (Å²) in [7, 11) is 0. The summed E-state index contributed by atoms with van der Waals surface area (Å²) in [5, 5.41) is 10.5. The SMILES string of the molecule is O=[N+]([O-])c1cc(F)ccc1OC(Cl)(Cl)Cl. The van der Waals surface area contributed by atoms with Crippen LogP contribution in [0.3, 0.4) is 0 Å². The van der Waals surface area contributed by atoms with E-state index in [1.165, 1.54) is 0 Å². The van der Waals surface area contributed by atoms with Crippen molar-refractivity contribution in [2.75, 3.05) is 0 Å². The average molecular weight is 274 g/mol. The molecular weight excluding hydrogens is 271 g/mol. The molecule has 0 spiro atoms. The van der Waals surface area contributed by atoms with Crippen LogP contribution in [0.4, 0.5) is 10.1 Å². The first-order chi connectivity index (χ1) is 6.79. The number of alkyl halides is 3. The molecule has 0 aliphatic carbocycles. The number of ether oxygens (including phenoxy) is 1. The highest BCUT2D eigenvalue weighted by molar-refractivity contribution is 6.66. The van der Waals surface area contributed by atoms with E-state index in [2.05, 4.69) is 4.74 Å². The van der Waals surface area contributed by atoms with Crippen LogP contribution in [0.5, 0.6) is 5.75 Å². The Bertz CT molecular complexity index is 394. The second-order valence-electron chi connectivity index (χ2n) is 2.42. The summed E-state index contributed by atoms with van der Waals surface area (Å²) in [6.45, 7) is 0. The molecule has 15 heavy (non-hydrogen) atoms. The lowest BCUT2D eigenvalue weighted by atomic mass is 10.3. The highest BCUT2D eigenvalue weighted by atomic mass is 35.6. The van der Waals surface area contributed by atoms with Gasteiger partial charge in [-0.25, -0.2) is 4.39 Å². The summed E-state index contributed by atoms with van der Waals surface area (Å²) >= 11 is 15.8. The summed E-state index contributed by atoms with van der Waals surface area (Å²) in [6, 6.07) is 2.64. The highest BCUT2D eigenvalue weighted by Crippen LogP contribution is 2.35. The molecule has 8 heteroatoms. The molecule has 0 N–H and O–H groups in total. The third-order valence-corrected chi connectivity index (χ3v) is 1.57. The first-order valence-corrected chi connectivity index (χ1v) is 4.62. The van der Waals surface area contributed by atoms with Gasteiger partial charge in [0.05, 0.1) is 11.0 Å². The number of rotatable bonds is 2. The van der Waals surface area contributed by atoms with E-state index in [1.807, 2.05) is 0 Å². The predicted molar refractivity (Wildman–Crippen MR) is 54.0 cm³/mol. The lowest BCUT2D eigenvalue weighted by molar-refractivity contribution is -0.386. The molecule has 0 atom stereocenters. The van der Waals surface area contributed by atoms with Gasteiger partial charge in [-0.3, -0.25) is 10.1 Å². The zero-order valence-electron chi connectivity index (χ0n) is 6.92. The molecule has 0 unspecified atom stereocenters. The van der Waals surface area contributed by atoms with Gasteiger partial charge in [0, 0.05) is 0 Å². The molecule has 1 rings (SSSR count). The normalized spacial score (nSPS) is 11.2. The zero-order valence-corrected chi connectivity index (χ0v) is 9.18. The first kappa shape index (κ1) is 12.3. The number of hydrogen-bond donors (Lipinski definition) is 0. The summed E-state index contributed by atoms with van der Waals surface area (Å²) in [5.41, 5.74) is -0.610. The van der Waals surface area contributed by atoms with Crippen LogP contribution in [0.15, 0.2) is 18.2 Å². The van der Waals surface area contributed by atoms with Crippen LogP contribution >= 0.6 is 34.8 Å². The number of hydrogen-bond acceptors (Lipinski definition) is 3. The van der Waals surface area contributed by atoms with Gasteiger partial charge in [0.15, 0.2) is 0 Å². The molecule has 4 nitrogen and oxygen atoms in total. The Morgan fingerprint density at radius 3 is 2.47 bits per heavy atom. The predicted octanol–water partition coefficient (Wildman–Crippen LogP) is 3.44. The Kier molecular flexibility index (Phi) is 3.59. The van der Waals surface area contributed by atoms with E-state index in [1.54, 1.807) is 0 Å². The van der Waals surface area contributed by atoms with Crippen molar-refractivity contribution in [3.8, 4) is 5.75 Å². The lowest BCUT2D eigenvalue weighted by Crippen LogP contribution is -2.13. The van der Waals surface area contributed by atoms with Crippen molar-refractivity contribution in [2.24, 2.45) is 0 Å². The van der Waals surface area contributed by atoms with Crippen molar-refractivity contribution >= 4 is 40.5 Å². The number of benzene rings is 1. The van der Waals surface area contributed by atoms with Crippen molar-refractivity contribution in [3.63, 3.8) is 0 Å². The van der Waals surface area contributed by atoms with Crippen LogP contribution < -0.4 is 4.74 Å². The van der Waals surface area contributed by atoms with Crippen molar-refractivity contribution in [1.82, 2.24) is 0 Å². The van der Waals surface area contributed by atoms with E-state index in [-0.39, 0.29) is 5.75 Å². The number of nitrogens with zero attached hydrogens (tertiary/aromatic N) is 1. The number of nitro benzene ring substituents is 1. The van der Waals surface area contributed by atoms with Gasteiger partial charge in [0.2, 0.25) is 5.75 Å². The van der Waals surface area contributed by atoms with Gasteiger partial charge in [-0.15, -0.1) is 0 Å². The quantitative estimate of drug-likeness (QED) is 0.471. The molecule has 0 saturated carbocycles. The zero-order chi connectivity index (χ0) is 11.6. The van der Waals surface area contributed by atoms with E-state index in [4.69, 9.17) is 34.8 Å². The van der Waals surface area contributed by atoms with Gasteiger partial charge in [0.1, 0.15) is 5.82 Å². The fourth-order valence-corrected chi connectivity index (χ4v) is 1.09. The largest absolute Gasteiger partial charge is 0.438 e. The molecule has 1 aromatic carbocycles. The monoisotopic (exact) mass is 273 g/mol. The summed E-state index contributed by atoms with van der Waals surface area (Å²) in [4.78, 5) is 9.65. The van der Waals surface area contributed by atoms with Gasteiger partial charge < -0.3 is 4.74 Å². The third kappa shape index (κ3) is 3.70. The fraction of sp³-hybridized carbons (Fsp3) is 0.143. The molecule has 0 saturated heterocycles. The first-order valence-electron chi connectivity index (χ1n) is 3.49. The topological polar surface area (TPSA) is 52.4 Å². The molecule has 82 valence electrons. The fourth-order valence-electron chi connectivity index (χ4n) is 0.844. The van der Waals surface area contributed by atoms with Crippen LogP contribution in [-0.4, -0.2) is 8.90 Å². The van der Waals surface area contributed by atoms with Crippen molar-refractivity contribution in [2.45, 2.75) is 3.98 Å². The van der Waals surface area contributed by atoms with E-state index >= 15 is 0 Å². The van der Waals surface area contributed by atoms with Crippen LogP contribution in [0, 0.1) is 15.9 Å². The molecule has 0 aliphatic heterocycles. The molecular formula is C7H3Cl3FNO3. The maximum Gasteiger partial charge on any atom is 0.338 e. The molecule has 0 radical (unpaired) electrons. The Hall–Kier alpha value is -0.780. The van der Waals surface area contributed by atoms with E-state index in [9.17, 15) is 14.5 Å². The number of halogens is 4. The highest BCUT2D eigenvalue weighted by Gasteiger charge is 2.27. The summed E-state index contributed by atoms with van der Waals surface area (Å²) in [5.74, 6) is -1.10. The van der Waals surface area contributed by atoms with Gasteiger partial charge >= 0.3 is 9.67 Å². The van der Waals surface area contributed by atoms with Crippen LogP contribution in [0.25, 0.3) is 0 Å². The maximum atomic E-state index is 12.7. The van der Waals surface area contributed by atoms with Crippen molar-refractivity contribution in [3.05, 3.63) is 34.1 Å². The van der Waals surface area contributed by atoms with Crippen LogP contribution in [0.1, 0.15) is 0 Å². The Morgan fingerprint density at radius 1 is 1.40 bits per heavy atom. The van der Waals surface area contributed by atoms with Crippen molar-refractivity contribution < 1.29 is 14.1 Å². The van der Waals surface area contributed by atoms with Gasteiger partial charge in [0.25, 0.3) is 0 Å². The van der Waals surface area contributed by atoms with Crippen molar-refractivity contribution in [1.29, 1.82) is 0 Å². The minimum Gasteiger partial charge on any atom is -0.438 e. The van der Waals surface area contributed by atoms with Gasteiger partial charge in [-0.05, 0) is 46.9 Å². The van der Waals surface area contributed by atoms with Gasteiger partial charge in [-0.1, -0.05) is 0 Å². The summed E-state index contributed by atoms with van der Waals surface area (Å²) in [6.07, 6.45) is 0. The molecule has 0 fully saturated rings. The standard InChI is InChI=1S/C7H3Cl3FNO3/c8-7(9,10)15-6-2-1-4(11)3-5(6)12(13)14/h1-3H.